The Bertz CT molecular complexity index is 353. The Balaban J connectivity index is 2.11. The Morgan fingerprint density at radius 2 is 2.17 bits per heavy atom. The van der Waals surface area contributed by atoms with E-state index >= 15 is 0 Å². The fourth-order valence-electron chi connectivity index (χ4n) is 2.34. The molecule has 0 saturated carbocycles. The molecule has 1 aromatic rings. The van der Waals surface area contributed by atoms with Crippen LogP contribution in [0, 0.1) is 0 Å². The second-order valence-electron chi connectivity index (χ2n) is 4.51. The van der Waals surface area contributed by atoms with E-state index in [4.69, 9.17) is 4.74 Å². The highest BCUT2D eigenvalue weighted by atomic mass is 16.5. The number of aliphatic hydroxyl groups is 1. The minimum Gasteiger partial charge on any atom is -0.494 e. The van der Waals surface area contributed by atoms with Crippen molar-refractivity contribution in [3.05, 3.63) is 24.3 Å². The number of hydrogen-bond donors (Lipinski definition) is 2. The number of nitrogens with zero attached hydrogens (tertiary/aromatic N) is 1. The second kappa shape index (κ2) is 6.61. The van der Waals surface area contributed by atoms with Crippen molar-refractivity contribution in [2.24, 2.45) is 0 Å². The van der Waals surface area contributed by atoms with Crippen molar-refractivity contribution in [1.29, 1.82) is 0 Å². The summed E-state index contributed by atoms with van der Waals surface area (Å²) >= 11 is 0. The van der Waals surface area contributed by atoms with Crippen LogP contribution in [-0.2, 0) is 0 Å². The molecule has 4 nitrogen and oxygen atoms in total. The van der Waals surface area contributed by atoms with Crippen LogP contribution in [0.15, 0.2) is 24.3 Å². The van der Waals surface area contributed by atoms with Crippen molar-refractivity contribution in [2.75, 3.05) is 37.7 Å². The predicted molar refractivity (Wildman–Crippen MR) is 73.3 cm³/mol. The van der Waals surface area contributed by atoms with Crippen molar-refractivity contribution in [2.45, 2.75) is 19.4 Å². The van der Waals surface area contributed by atoms with Gasteiger partial charge in [-0.05, 0) is 44.2 Å². The van der Waals surface area contributed by atoms with E-state index < -0.39 is 0 Å². The van der Waals surface area contributed by atoms with Gasteiger partial charge in [0.1, 0.15) is 5.75 Å². The van der Waals surface area contributed by atoms with E-state index in [0.29, 0.717) is 6.61 Å². The molecular weight excluding hydrogens is 228 g/mol. The van der Waals surface area contributed by atoms with E-state index in [1.54, 1.807) is 0 Å². The number of aliphatic hydroxyl groups excluding tert-OH is 1. The highest BCUT2D eigenvalue weighted by molar-refractivity contribution is 5.50. The maximum atomic E-state index is 9.48. The zero-order chi connectivity index (χ0) is 12.8. The molecule has 1 heterocycles. The van der Waals surface area contributed by atoms with Crippen LogP contribution in [0.2, 0.25) is 0 Å². The molecule has 2 rings (SSSR count). The van der Waals surface area contributed by atoms with Gasteiger partial charge in [0.15, 0.2) is 0 Å². The first kappa shape index (κ1) is 13.2. The maximum absolute atomic E-state index is 9.48. The Kier molecular flexibility index (Phi) is 4.84. The molecule has 1 unspecified atom stereocenters. The third-order valence-corrected chi connectivity index (χ3v) is 3.26. The lowest BCUT2D eigenvalue weighted by Gasteiger charge is -2.30. The average Bonchev–Trinajstić information content (AvgIpc) is 2.65. The molecule has 1 saturated heterocycles. The summed E-state index contributed by atoms with van der Waals surface area (Å²) < 4.78 is 5.45. The van der Waals surface area contributed by atoms with Gasteiger partial charge < -0.3 is 20.1 Å². The molecule has 0 spiro atoms. The van der Waals surface area contributed by atoms with Crippen LogP contribution in [-0.4, -0.2) is 44.0 Å². The number of nitrogens with one attached hydrogen (secondary N) is 1. The Morgan fingerprint density at radius 1 is 1.39 bits per heavy atom. The molecule has 1 aliphatic heterocycles. The quantitative estimate of drug-likeness (QED) is 0.844. The molecule has 100 valence electrons. The number of hydrogen-bond acceptors (Lipinski definition) is 4. The summed E-state index contributed by atoms with van der Waals surface area (Å²) in [5.74, 6) is 0.898. The number of ether oxygens (including phenoxy) is 1. The molecule has 1 atom stereocenters. The van der Waals surface area contributed by atoms with Crippen molar-refractivity contribution < 1.29 is 9.84 Å². The lowest BCUT2D eigenvalue weighted by atomic mass is 10.2. The highest BCUT2D eigenvalue weighted by Gasteiger charge is 2.20. The van der Waals surface area contributed by atoms with Crippen LogP contribution in [0.1, 0.15) is 13.3 Å². The van der Waals surface area contributed by atoms with Gasteiger partial charge >= 0.3 is 0 Å². The third kappa shape index (κ3) is 3.15. The molecule has 0 aliphatic carbocycles. The van der Waals surface area contributed by atoms with E-state index in [1.165, 1.54) is 0 Å². The summed E-state index contributed by atoms with van der Waals surface area (Å²) in [4.78, 5) is 2.27. The molecule has 2 N–H and O–H groups in total. The summed E-state index contributed by atoms with van der Waals surface area (Å²) in [5.41, 5.74) is 1.15. The second-order valence-corrected chi connectivity index (χ2v) is 4.51. The first-order chi connectivity index (χ1) is 8.85. The zero-order valence-electron chi connectivity index (χ0n) is 10.9. The summed E-state index contributed by atoms with van der Waals surface area (Å²) in [5, 5.41) is 12.8. The predicted octanol–water partition coefficient (Wildman–Crippen LogP) is 1.25. The van der Waals surface area contributed by atoms with Crippen molar-refractivity contribution >= 4 is 5.69 Å². The average molecular weight is 250 g/mol. The van der Waals surface area contributed by atoms with Gasteiger partial charge in [-0.1, -0.05) is 0 Å². The van der Waals surface area contributed by atoms with Crippen molar-refractivity contribution in [3.8, 4) is 5.75 Å². The van der Waals surface area contributed by atoms with Gasteiger partial charge in [-0.25, -0.2) is 0 Å². The molecule has 0 radical (unpaired) electrons. The van der Waals surface area contributed by atoms with E-state index in [-0.39, 0.29) is 12.6 Å². The smallest absolute Gasteiger partial charge is 0.119 e. The zero-order valence-corrected chi connectivity index (χ0v) is 10.9. The van der Waals surface area contributed by atoms with Crippen LogP contribution >= 0.6 is 0 Å². The van der Waals surface area contributed by atoms with Crippen LogP contribution in [0.3, 0.4) is 0 Å². The van der Waals surface area contributed by atoms with Crippen molar-refractivity contribution in [1.82, 2.24) is 5.32 Å². The van der Waals surface area contributed by atoms with Crippen LogP contribution in [0.4, 0.5) is 5.69 Å². The van der Waals surface area contributed by atoms with Crippen molar-refractivity contribution in [3.63, 3.8) is 0 Å². The SMILES string of the molecule is CCOc1ccc(N2CCCNCC2CO)cc1. The minimum absolute atomic E-state index is 0.158. The van der Waals surface area contributed by atoms with Gasteiger partial charge in [-0.3, -0.25) is 0 Å². The van der Waals surface area contributed by atoms with Gasteiger partial charge in [0.2, 0.25) is 0 Å². The van der Waals surface area contributed by atoms with E-state index in [1.807, 2.05) is 19.1 Å². The van der Waals surface area contributed by atoms with Crippen LogP contribution in [0.5, 0.6) is 5.75 Å². The summed E-state index contributed by atoms with van der Waals surface area (Å²) in [6.45, 7) is 5.68. The lowest BCUT2D eigenvalue weighted by Crippen LogP contribution is -2.42. The summed E-state index contributed by atoms with van der Waals surface area (Å²) in [6.07, 6.45) is 1.10. The number of benzene rings is 1. The number of anilines is 1. The largest absolute Gasteiger partial charge is 0.494 e. The molecule has 1 aliphatic rings. The van der Waals surface area contributed by atoms with E-state index in [2.05, 4.69) is 22.3 Å². The number of rotatable bonds is 4. The topological polar surface area (TPSA) is 44.7 Å². The van der Waals surface area contributed by atoms with E-state index in [9.17, 15) is 5.11 Å². The Labute approximate surface area is 109 Å². The normalized spacial score (nSPS) is 20.6. The fourth-order valence-corrected chi connectivity index (χ4v) is 2.34. The molecule has 1 aromatic carbocycles. The maximum Gasteiger partial charge on any atom is 0.119 e. The third-order valence-electron chi connectivity index (χ3n) is 3.26. The lowest BCUT2D eigenvalue weighted by molar-refractivity contribution is 0.260. The molecule has 1 fully saturated rings. The highest BCUT2D eigenvalue weighted by Crippen LogP contribution is 2.22. The summed E-state index contributed by atoms with van der Waals surface area (Å²) in [6, 6.07) is 8.28. The Morgan fingerprint density at radius 3 is 2.83 bits per heavy atom. The van der Waals surface area contributed by atoms with Gasteiger partial charge in [0, 0.05) is 18.8 Å². The first-order valence-corrected chi connectivity index (χ1v) is 6.66. The standard InChI is InChI=1S/C14H22N2O2/c1-2-18-14-6-4-12(5-7-14)16-9-3-8-15-10-13(16)11-17/h4-7,13,15,17H,2-3,8-11H2,1H3. The molecule has 0 aromatic heterocycles. The van der Waals surface area contributed by atoms with Gasteiger partial charge in [0.05, 0.1) is 19.3 Å². The fraction of sp³-hybridized carbons (Fsp3) is 0.571. The molecule has 0 amide bonds. The molecule has 0 bridgehead atoms. The molecule has 18 heavy (non-hydrogen) atoms. The minimum atomic E-state index is 0.158. The van der Waals surface area contributed by atoms with E-state index in [0.717, 1.165) is 37.5 Å². The molecular formula is C14H22N2O2. The van der Waals surface area contributed by atoms with Gasteiger partial charge in [0.25, 0.3) is 0 Å². The molecule has 4 heteroatoms. The first-order valence-electron chi connectivity index (χ1n) is 6.66. The van der Waals surface area contributed by atoms with Crippen LogP contribution < -0.4 is 15.0 Å². The van der Waals surface area contributed by atoms with Gasteiger partial charge in [-0.2, -0.15) is 0 Å². The van der Waals surface area contributed by atoms with Crippen LogP contribution in [0.25, 0.3) is 0 Å². The summed E-state index contributed by atoms with van der Waals surface area (Å²) in [7, 11) is 0. The van der Waals surface area contributed by atoms with Gasteiger partial charge in [-0.15, -0.1) is 0 Å². The monoisotopic (exact) mass is 250 g/mol. The Hall–Kier alpha value is -1.26.